The Balaban J connectivity index is 1.43. The van der Waals surface area contributed by atoms with Crippen LogP contribution in [0.4, 0.5) is 14.6 Å². The standard InChI is InChI=1S/C21H22F2N10/c1-31-8-3-4-14(31)7-9-32-12-17(26-29-32)13-10-15(20(24)25-11-13)21-27-28-30-33(21)18-6-2-5-16(22)19(18)23/h2,5-6,10-12,14H,3-4,7-9H2,1H3,(H2,24,25). The van der Waals surface area contributed by atoms with Crippen molar-refractivity contribution in [3.8, 4) is 28.3 Å². The second kappa shape index (κ2) is 8.62. The molecule has 0 spiro atoms. The van der Waals surface area contributed by atoms with Crippen molar-refractivity contribution in [2.75, 3.05) is 19.3 Å². The number of anilines is 1. The van der Waals surface area contributed by atoms with Crippen molar-refractivity contribution >= 4 is 5.82 Å². The number of nitrogens with zero attached hydrogens (tertiary/aromatic N) is 9. The molecular weight excluding hydrogens is 430 g/mol. The predicted molar refractivity (Wildman–Crippen MR) is 116 cm³/mol. The van der Waals surface area contributed by atoms with Gasteiger partial charge in [-0.1, -0.05) is 11.3 Å². The number of hydrogen-bond donors (Lipinski definition) is 1. The fourth-order valence-corrected chi connectivity index (χ4v) is 4.13. The zero-order valence-corrected chi connectivity index (χ0v) is 17.9. The molecule has 1 atom stereocenters. The number of benzene rings is 1. The number of pyridine rings is 1. The van der Waals surface area contributed by atoms with Gasteiger partial charge in [-0.05, 0) is 61.5 Å². The molecule has 0 radical (unpaired) electrons. The summed E-state index contributed by atoms with van der Waals surface area (Å²) < 4.78 is 31.0. The van der Waals surface area contributed by atoms with Crippen molar-refractivity contribution in [2.24, 2.45) is 0 Å². The lowest BCUT2D eigenvalue weighted by Gasteiger charge is -2.18. The first-order valence-corrected chi connectivity index (χ1v) is 10.6. The molecule has 0 bridgehead atoms. The highest BCUT2D eigenvalue weighted by molar-refractivity contribution is 5.75. The van der Waals surface area contributed by atoms with E-state index in [1.165, 1.54) is 25.0 Å². The van der Waals surface area contributed by atoms with Gasteiger partial charge in [-0.25, -0.2) is 13.8 Å². The molecule has 4 aromatic rings. The third-order valence-corrected chi connectivity index (χ3v) is 5.99. The number of aromatic nitrogens is 8. The van der Waals surface area contributed by atoms with Gasteiger partial charge in [0.25, 0.3) is 0 Å². The second-order valence-corrected chi connectivity index (χ2v) is 8.08. The van der Waals surface area contributed by atoms with Gasteiger partial charge in [-0.15, -0.1) is 10.2 Å². The van der Waals surface area contributed by atoms with Gasteiger partial charge < -0.3 is 10.6 Å². The summed E-state index contributed by atoms with van der Waals surface area (Å²) in [5, 5.41) is 19.9. The first-order valence-electron chi connectivity index (χ1n) is 10.6. The molecule has 3 aromatic heterocycles. The number of hydrogen-bond acceptors (Lipinski definition) is 8. The summed E-state index contributed by atoms with van der Waals surface area (Å²) in [6.45, 7) is 1.89. The molecule has 5 rings (SSSR count). The third-order valence-electron chi connectivity index (χ3n) is 5.99. The van der Waals surface area contributed by atoms with Crippen LogP contribution in [0.2, 0.25) is 0 Å². The Morgan fingerprint density at radius 2 is 2.06 bits per heavy atom. The molecule has 4 heterocycles. The van der Waals surface area contributed by atoms with E-state index in [-0.39, 0.29) is 17.3 Å². The Kier molecular flexibility index (Phi) is 5.50. The van der Waals surface area contributed by atoms with E-state index in [9.17, 15) is 8.78 Å². The van der Waals surface area contributed by atoms with Gasteiger partial charge in [0.2, 0.25) is 0 Å². The van der Waals surface area contributed by atoms with Gasteiger partial charge in [-0.2, -0.15) is 4.68 Å². The molecule has 1 saturated heterocycles. The molecule has 1 aromatic carbocycles. The molecule has 33 heavy (non-hydrogen) atoms. The highest BCUT2D eigenvalue weighted by Crippen LogP contribution is 2.29. The van der Waals surface area contributed by atoms with E-state index >= 15 is 0 Å². The lowest BCUT2D eigenvalue weighted by Crippen LogP contribution is -2.26. The van der Waals surface area contributed by atoms with Crippen LogP contribution in [-0.4, -0.2) is 64.7 Å². The van der Waals surface area contributed by atoms with Crippen molar-refractivity contribution in [3.63, 3.8) is 0 Å². The van der Waals surface area contributed by atoms with Crippen molar-refractivity contribution in [2.45, 2.75) is 31.8 Å². The molecule has 170 valence electrons. The Bertz CT molecular complexity index is 1280. The van der Waals surface area contributed by atoms with E-state index in [0.29, 0.717) is 22.9 Å². The van der Waals surface area contributed by atoms with E-state index in [1.54, 1.807) is 12.3 Å². The van der Waals surface area contributed by atoms with Crippen LogP contribution >= 0.6 is 0 Å². The highest BCUT2D eigenvalue weighted by atomic mass is 19.2. The summed E-state index contributed by atoms with van der Waals surface area (Å²) in [6, 6.07) is 6.04. The van der Waals surface area contributed by atoms with Crippen LogP contribution in [0.1, 0.15) is 19.3 Å². The average molecular weight is 452 g/mol. The number of rotatable bonds is 6. The molecule has 0 amide bonds. The third kappa shape index (κ3) is 4.04. The fourth-order valence-electron chi connectivity index (χ4n) is 4.13. The van der Waals surface area contributed by atoms with Crippen LogP contribution in [0.5, 0.6) is 0 Å². The first-order chi connectivity index (χ1) is 16.0. The van der Waals surface area contributed by atoms with Gasteiger partial charge in [0.1, 0.15) is 17.2 Å². The lowest BCUT2D eigenvalue weighted by atomic mass is 10.1. The molecule has 10 nitrogen and oxygen atoms in total. The largest absolute Gasteiger partial charge is 0.383 e. The number of aryl methyl sites for hydroxylation is 1. The zero-order chi connectivity index (χ0) is 22.9. The minimum absolute atomic E-state index is 0.128. The summed E-state index contributed by atoms with van der Waals surface area (Å²) in [5.41, 5.74) is 7.56. The molecule has 0 saturated carbocycles. The fraction of sp³-hybridized carbons (Fsp3) is 0.333. The molecule has 1 aliphatic rings. The Morgan fingerprint density at radius 1 is 1.18 bits per heavy atom. The Labute approximate surface area is 188 Å². The highest BCUT2D eigenvalue weighted by Gasteiger charge is 2.22. The van der Waals surface area contributed by atoms with E-state index in [1.807, 2.05) is 10.9 Å². The topological polar surface area (TPSA) is 116 Å². The maximum absolute atomic E-state index is 14.4. The number of tetrazole rings is 1. The van der Waals surface area contributed by atoms with Crippen LogP contribution in [0, 0.1) is 11.6 Å². The monoisotopic (exact) mass is 452 g/mol. The first kappa shape index (κ1) is 21.1. The van der Waals surface area contributed by atoms with Crippen LogP contribution in [0.3, 0.4) is 0 Å². The Hall–Kier alpha value is -3.80. The molecular formula is C21H22F2N10. The van der Waals surface area contributed by atoms with Gasteiger partial charge in [0.15, 0.2) is 17.5 Å². The number of likely N-dealkylation sites (tertiary alicyclic amines) is 1. The second-order valence-electron chi connectivity index (χ2n) is 8.08. The minimum atomic E-state index is -1.07. The van der Waals surface area contributed by atoms with Crippen molar-refractivity contribution in [3.05, 3.63) is 48.3 Å². The summed E-state index contributed by atoms with van der Waals surface area (Å²) in [7, 11) is 2.15. The van der Waals surface area contributed by atoms with E-state index in [2.05, 4.69) is 42.8 Å². The van der Waals surface area contributed by atoms with Crippen LogP contribution in [0.15, 0.2) is 36.7 Å². The summed E-state index contributed by atoms with van der Waals surface area (Å²) >= 11 is 0. The molecule has 1 fully saturated rings. The molecule has 1 unspecified atom stereocenters. The average Bonchev–Trinajstić information content (AvgIpc) is 3.56. The van der Waals surface area contributed by atoms with Crippen molar-refractivity contribution in [1.82, 2.24) is 45.1 Å². The van der Waals surface area contributed by atoms with Crippen molar-refractivity contribution in [1.29, 1.82) is 0 Å². The van der Waals surface area contributed by atoms with Gasteiger partial charge in [0, 0.05) is 24.3 Å². The van der Waals surface area contributed by atoms with E-state index in [4.69, 9.17) is 5.73 Å². The molecule has 2 N–H and O–H groups in total. The smallest absolute Gasteiger partial charge is 0.190 e. The number of nitrogens with two attached hydrogens (primary N) is 1. The maximum atomic E-state index is 14.4. The van der Waals surface area contributed by atoms with E-state index < -0.39 is 11.6 Å². The molecule has 12 heteroatoms. The SMILES string of the molecule is CN1CCCC1CCn1cc(-c2cnc(N)c(-c3nnnn3-c3cccc(F)c3F)c2)nn1. The zero-order valence-electron chi connectivity index (χ0n) is 17.9. The normalized spacial score (nSPS) is 16.5. The minimum Gasteiger partial charge on any atom is -0.383 e. The van der Waals surface area contributed by atoms with Crippen molar-refractivity contribution < 1.29 is 8.78 Å². The molecule has 1 aliphatic heterocycles. The summed E-state index contributed by atoms with van der Waals surface area (Å²) in [6.07, 6.45) is 6.85. The van der Waals surface area contributed by atoms with Gasteiger partial charge in [0.05, 0.1) is 11.8 Å². The lowest BCUT2D eigenvalue weighted by molar-refractivity contribution is 0.282. The summed E-state index contributed by atoms with van der Waals surface area (Å²) in [5.74, 6) is -1.80. The van der Waals surface area contributed by atoms with E-state index in [0.717, 1.165) is 30.3 Å². The van der Waals surface area contributed by atoms with Crippen LogP contribution in [0.25, 0.3) is 28.3 Å². The van der Waals surface area contributed by atoms with Gasteiger partial charge >= 0.3 is 0 Å². The van der Waals surface area contributed by atoms with Crippen LogP contribution < -0.4 is 5.73 Å². The number of halogens is 2. The quantitative estimate of drug-likeness (QED) is 0.474. The van der Waals surface area contributed by atoms with Crippen LogP contribution in [-0.2, 0) is 6.54 Å². The molecule has 0 aliphatic carbocycles. The summed E-state index contributed by atoms with van der Waals surface area (Å²) in [4.78, 5) is 6.61. The number of nitrogen functional groups attached to an aromatic ring is 1. The Morgan fingerprint density at radius 3 is 2.88 bits per heavy atom. The van der Waals surface area contributed by atoms with Gasteiger partial charge in [-0.3, -0.25) is 4.68 Å². The maximum Gasteiger partial charge on any atom is 0.190 e. The predicted octanol–water partition coefficient (Wildman–Crippen LogP) is 2.33.